The van der Waals surface area contributed by atoms with Gasteiger partial charge in [-0.3, -0.25) is 15.1 Å². The SMILES string of the molecule is CCOc1ccc(N=Cc2cn(-c3ccccc3)nc2-c2ccc([N+](=O)[O-])cc2)cc1. The van der Waals surface area contributed by atoms with Gasteiger partial charge in [0.05, 0.1) is 22.9 Å². The van der Waals surface area contributed by atoms with Crippen LogP contribution in [-0.2, 0) is 0 Å². The zero-order chi connectivity index (χ0) is 21.6. The molecule has 0 aliphatic carbocycles. The van der Waals surface area contributed by atoms with E-state index in [1.54, 1.807) is 23.0 Å². The monoisotopic (exact) mass is 412 g/mol. The van der Waals surface area contributed by atoms with Crippen LogP contribution >= 0.6 is 0 Å². The number of nitrogens with zero attached hydrogens (tertiary/aromatic N) is 4. The van der Waals surface area contributed by atoms with Crippen molar-refractivity contribution in [2.24, 2.45) is 4.99 Å². The Morgan fingerprint density at radius 1 is 1.03 bits per heavy atom. The van der Waals surface area contributed by atoms with E-state index in [-0.39, 0.29) is 5.69 Å². The van der Waals surface area contributed by atoms with Crippen molar-refractivity contribution in [3.05, 3.63) is 101 Å². The van der Waals surface area contributed by atoms with E-state index < -0.39 is 4.92 Å². The maximum Gasteiger partial charge on any atom is 0.269 e. The maximum absolute atomic E-state index is 11.0. The lowest BCUT2D eigenvalue weighted by molar-refractivity contribution is -0.384. The number of aliphatic imine (C=N–C) groups is 1. The Hall–Kier alpha value is -4.26. The highest BCUT2D eigenvalue weighted by atomic mass is 16.6. The summed E-state index contributed by atoms with van der Waals surface area (Å²) in [7, 11) is 0. The molecular weight excluding hydrogens is 392 g/mol. The predicted molar refractivity (Wildman–Crippen MR) is 121 cm³/mol. The lowest BCUT2D eigenvalue weighted by Gasteiger charge is -2.02. The molecule has 0 fully saturated rings. The molecule has 4 rings (SSSR count). The first-order chi connectivity index (χ1) is 15.1. The van der Waals surface area contributed by atoms with E-state index in [2.05, 4.69) is 4.99 Å². The Morgan fingerprint density at radius 2 is 1.74 bits per heavy atom. The van der Waals surface area contributed by atoms with Gasteiger partial charge in [-0.25, -0.2) is 4.68 Å². The summed E-state index contributed by atoms with van der Waals surface area (Å²) in [4.78, 5) is 15.1. The van der Waals surface area contributed by atoms with Crippen LogP contribution in [0.15, 0.2) is 90.1 Å². The minimum atomic E-state index is -0.416. The molecule has 31 heavy (non-hydrogen) atoms. The molecule has 7 nitrogen and oxygen atoms in total. The second-order valence-electron chi connectivity index (χ2n) is 6.70. The molecule has 0 aliphatic rings. The van der Waals surface area contributed by atoms with Crippen molar-refractivity contribution in [1.29, 1.82) is 0 Å². The van der Waals surface area contributed by atoms with Crippen LogP contribution in [0.4, 0.5) is 11.4 Å². The first-order valence-corrected chi connectivity index (χ1v) is 9.81. The molecule has 1 aromatic heterocycles. The second-order valence-corrected chi connectivity index (χ2v) is 6.70. The Labute approximate surface area is 179 Å². The molecule has 154 valence electrons. The Balaban J connectivity index is 1.71. The average Bonchev–Trinajstić information content (AvgIpc) is 3.24. The van der Waals surface area contributed by atoms with Crippen LogP contribution in [0.25, 0.3) is 16.9 Å². The van der Waals surface area contributed by atoms with Crippen LogP contribution in [0.2, 0.25) is 0 Å². The van der Waals surface area contributed by atoms with Gasteiger partial charge < -0.3 is 4.74 Å². The van der Waals surface area contributed by atoms with Crippen molar-refractivity contribution < 1.29 is 9.66 Å². The first-order valence-electron chi connectivity index (χ1n) is 9.81. The summed E-state index contributed by atoms with van der Waals surface area (Å²) in [5, 5.41) is 15.7. The van der Waals surface area contributed by atoms with Crippen molar-refractivity contribution >= 4 is 17.6 Å². The summed E-state index contributed by atoms with van der Waals surface area (Å²) < 4.78 is 7.24. The molecule has 0 unspecified atom stereocenters. The van der Waals surface area contributed by atoms with E-state index >= 15 is 0 Å². The summed E-state index contributed by atoms with van der Waals surface area (Å²) in [6, 6.07) is 23.6. The van der Waals surface area contributed by atoms with Crippen molar-refractivity contribution in [1.82, 2.24) is 9.78 Å². The number of non-ortho nitro benzene ring substituents is 1. The smallest absolute Gasteiger partial charge is 0.269 e. The molecule has 0 N–H and O–H groups in total. The van der Waals surface area contributed by atoms with Crippen LogP contribution < -0.4 is 4.74 Å². The summed E-state index contributed by atoms with van der Waals surface area (Å²) in [6.07, 6.45) is 3.64. The van der Waals surface area contributed by atoms with Crippen molar-refractivity contribution in [2.75, 3.05) is 6.61 Å². The third kappa shape index (κ3) is 4.67. The van der Waals surface area contributed by atoms with E-state index in [0.717, 1.165) is 28.3 Å². The molecule has 1 heterocycles. The summed E-state index contributed by atoms with van der Waals surface area (Å²) in [5.74, 6) is 0.796. The quantitative estimate of drug-likeness (QED) is 0.225. The highest BCUT2D eigenvalue weighted by Gasteiger charge is 2.13. The molecule has 7 heteroatoms. The van der Waals surface area contributed by atoms with E-state index in [4.69, 9.17) is 9.84 Å². The van der Waals surface area contributed by atoms with E-state index in [1.165, 1.54) is 12.1 Å². The first kappa shape index (κ1) is 20.0. The summed E-state index contributed by atoms with van der Waals surface area (Å²) in [5.41, 5.74) is 3.99. The molecule has 0 atom stereocenters. The number of nitro benzene ring substituents is 1. The van der Waals surface area contributed by atoms with Crippen LogP contribution in [0.1, 0.15) is 12.5 Å². The van der Waals surface area contributed by atoms with Gasteiger partial charge in [-0.15, -0.1) is 0 Å². The topological polar surface area (TPSA) is 82.5 Å². The van der Waals surface area contributed by atoms with E-state index in [1.807, 2.05) is 67.7 Å². The zero-order valence-electron chi connectivity index (χ0n) is 16.9. The van der Waals surface area contributed by atoms with Gasteiger partial charge in [0.2, 0.25) is 0 Å². The molecular formula is C24H20N4O3. The van der Waals surface area contributed by atoms with Gasteiger partial charge in [-0.05, 0) is 55.5 Å². The number of rotatable bonds is 7. The van der Waals surface area contributed by atoms with Crippen molar-refractivity contribution in [3.63, 3.8) is 0 Å². The average molecular weight is 412 g/mol. The number of aromatic nitrogens is 2. The number of ether oxygens (including phenoxy) is 1. The molecule has 0 saturated carbocycles. The summed E-state index contributed by atoms with van der Waals surface area (Å²) >= 11 is 0. The van der Waals surface area contributed by atoms with Gasteiger partial charge in [0, 0.05) is 35.7 Å². The van der Waals surface area contributed by atoms with Crippen LogP contribution in [0, 0.1) is 10.1 Å². The molecule has 0 bridgehead atoms. The van der Waals surface area contributed by atoms with Gasteiger partial charge in [0.25, 0.3) is 5.69 Å². The molecule has 3 aromatic carbocycles. The summed E-state index contributed by atoms with van der Waals surface area (Å²) in [6.45, 7) is 2.55. The van der Waals surface area contributed by atoms with Crippen LogP contribution in [0.3, 0.4) is 0 Å². The van der Waals surface area contributed by atoms with Crippen LogP contribution in [0.5, 0.6) is 5.75 Å². The number of hydrogen-bond acceptors (Lipinski definition) is 5. The van der Waals surface area contributed by atoms with Gasteiger partial charge >= 0.3 is 0 Å². The van der Waals surface area contributed by atoms with Crippen LogP contribution in [-0.4, -0.2) is 27.5 Å². The number of hydrogen-bond donors (Lipinski definition) is 0. The highest BCUT2D eigenvalue weighted by molar-refractivity contribution is 5.90. The van der Waals surface area contributed by atoms with Gasteiger partial charge in [-0.1, -0.05) is 18.2 Å². The largest absolute Gasteiger partial charge is 0.494 e. The van der Waals surface area contributed by atoms with E-state index in [9.17, 15) is 10.1 Å². The molecule has 0 aliphatic heterocycles. The van der Waals surface area contributed by atoms with Gasteiger partial charge in [0.15, 0.2) is 0 Å². The minimum absolute atomic E-state index is 0.0378. The normalized spacial score (nSPS) is 11.0. The minimum Gasteiger partial charge on any atom is -0.494 e. The predicted octanol–water partition coefficient (Wildman–Crippen LogP) is 5.60. The molecule has 0 amide bonds. The molecule has 0 saturated heterocycles. The Bertz CT molecular complexity index is 1200. The number of benzene rings is 3. The number of nitro groups is 1. The molecule has 0 spiro atoms. The third-order valence-electron chi connectivity index (χ3n) is 4.62. The lowest BCUT2D eigenvalue weighted by Crippen LogP contribution is -1.94. The number of para-hydroxylation sites is 1. The molecule has 0 radical (unpaired) electrons. The standard InChI is InChI=1S/C24H20N4O3/c1-2-31-23-14-10-20(11-15-23)25-16-19-17-27(21-6-4-3-5-7-21)26-24(19)18-8-12-22(13-9-18)28(29)30/h3-17H,2H2,1H3. The fraction of sp³-hybridized carbons (Fsp3) is 0.0833. The Kier molecular flexibility index (Phi) is 5.84. The third-order valence-corrected chi connectivity index (χ3v) is 4.62. The van der Waals surface area contributed by atoms with Gasteiger partial charge in [0.1, 0.15) is 11.4 Å². The highest BCUT2D eigenvalue weighted by Crippen LogP contribution is 2.26. The van der Waals surface area contributed by atoms with Crippen molar-refractivity contribution in [2.45, 2.75) is 6.92 Å². The fourth-order valence-electron chi connectivity index (χ4n) is 3.10. The van der Waals surface area contributed by atoms with E-state index in [0.29, 0.717) is 12.3 Å². The molecule has 4 aromatic rings. The second kappa shape index (κ2) is 9.04. The zero-order valence-corrected chi connectivity index (χ0v) is 16.9. The maximum atomic E-state index is 11.0. The lowest BCUT2D eigenvalue weighted by atomic mass is 10.1. The Morgan fingerprint density at radius 3 is 2.39 bits per heavy atom. The van der Waals surface area contributed by atoms with Gasteiger partial charge in [-0.2, -0.15) is 5.10 Å². The van der Waals surface area contributed by atoms with Crippen molar-refractivity contribution in [3.8, 4) is 22.7 Å². The fourth-order valence-corrected chi connectivity index (χ4v) is 3.10.